The maximum Gasteiger partial charge on any atom is 0.325 e. The average Bonchev–Trinajstić information content (AvgIpc) is 3.24. The van der Waals surface area contributed by atoms with Gasteiger partial charge in [-0.25, -0.2) is 0 Å². The predicted molar refractivity (Wildman–Crippen MR) is 87.5 cm³/mol. The highest BCUT2D eigenvalue weighted by atomic mass is 35.5. The molecule has 0 saturated heterocycles. The van der Waals surface area contributed by atoms with Gasteiger partial charge in [-0.2, -0.15) is 0 Å². The number of hydrogen-bond donors (Lipinski definition) is 1. The topological polar surface area (TPSA) is 81.4 Å². The summed E-state index contributed by atoms with van der Waals surface area (Å²) in [4.78, 5) is 23.8. The van der Waals surface area contributed by atoms with Crippen LogP contribution in [0.25, 0.3) is 11.3 Å². The van der Waals surface area contributed by atoms with Crippen LogP contribution in [-0.2, 0) is 19.7 Å². The van der Waals surface area contributed by atoms with E-state index in [4.69, 9.17) is 20.9 Å². The summed E-state index contributed by atoms with van der Waals surface area (Å²) in [5.41, 5.74) is 0.704. The first-order valence-electron chi connectivity index (χ1n) is 7.72. The number of rotatable bonds is 6. The van der Waals surface area contributed by atoms with Gasteiger partial charge in [0.05, 0.1) is 17.7 Å². The molecule has 0 atom stereocenters. The van der Waals surface area contributed by atoms with Crippen LogP contribution in [-0.4, -0.2) is 30.2 Å². The van der Waals surface area contributed by atoms with Crippen LogP contribution in [0.3, 0.4) is 0 Å². The van der Waals surface area contributed by atoms with Crippen molar-refractivity contribution in [2.45, 2.75) is 25.2 Å². The van der Waals surface area contributed by atoms with Gasteiger partial charge in [-0.3, -0.25) is 9.59 Å². The second kappa shape index (κ2) is 6.65. The van der Waals surface area contributed by atoms with Gasteiger partial charge in [-0.05, 0) is 44.0 Å². The van der Waals surface area contributed by atoms with Crippen molar-refractivity contribution in [1.82, 2.24) is 10.5 Å². The fourth-order valence-corrected chi connectivity index (χ4v) is 2.64. The van der Waals surface area contributed by atoms with Gasteiger partial charge in [0.25, 0.3) is 0 Å². The lowest BCUT2D eigenvalue weighted by Crippen LogP contribution is -2.38. The number of carbonyl (C=O) groups excluding carboxylic acids is 2. The Bertz CT molecular complexity index is 750. The highest BCUT2D eigenvalue weighted by Crippen LogP contribution is 2.48. The van der Waals surface area contributed by atoms with Crippen molar-refractivity contribution in [3.63, 3.8) is 0 Å². The quantitative estimate of drug-likeness (QED) is 0.812. The maximum atomic E-state index is 12.4. The number of hydrogen-bond acceptors (Lipinski definition) is 5. The number of nitrogens with one attached hydrogen (secondary N) is 1. The van der Waals surface area contributed by atoms with E-state index < -0.39 is 11.4 Å². The van der Waals surface area contributed by atoms with E-state index in [9.17, 15) is 9.59 Å². The Morgan fingerprint density at radius 3 is 2.67 bits per heavy atom. The lowest BCUT2D eigenvalue weighted by Gasteiger charge is -2.11. The van der Waals surface area contributed by atoms with E-state index in [2.05, 4.69) is 10.5 Å². The summed E-state index contributed by atoms with van der Waals surface area (Å²) in [6.45, 7) is 1.86. The van der Waals surface area contributed by atoms with Gasteiger partial charge in [-0.1, -0.05) is 16.8 Å². The van der Waals surface area contributed by atoms with Crippen molar-refractivity contribution in [3.8, 4) is 11.3 Å². The molecule has 1 N–H and O–H groups in total. The molecular formula is C17H17ClN2O4. The fourth-order valence-electron chi connectivity index (χ4n) is 2.51. The van der Waals surface area contributed by atoms with Crippen molar-refractivity contribution in [2.24, 2.45) is 0 Å². The van der Waals surface area contributed by atoms with Crippen molar-refractivity contribution >= 4 is 23.5 Å². The van der Waals surface area contributed by atoms with E-state index in [0.29, 0.717) is 29.3 Å². The Labute approximate surface area is 144 Å². The monoisotopic (exact) mass is 348 g/mol. The third-order valence-corrected chi connectivity index (χ3v) is 4.26. The van der Waals surface area contributed by atoms with Crippen LogP contribution in [0, 0.1) is 0 Å². The molecule has 126 valence electrons. The molecule has 0 aliphatic heterocycles. The molecule has 7 heteroatoms. The van der Waals surface area contributed by atoms with Crippen molar-refractivity contribution < 1.29 is 18.8 Å². The minimum absolute atomic E-state index is 0.143. The molecule has 1 aliphatic rings. The van der Waals surface area contributed by atoms with Crippen molar-refractivity contribution in [2.75, 3.05) is 13.2 Å². The van der Waals surface area contributed by atoms with Gasteiger partial charge in [0, 0.05) is 16.7 Å². The summed E-state index contributed by atoms with van der Waals surface area (Å²) in [5.74, 6) is -0.110. The molecule has 1 heterocycles. The minimum Gasteiger partial charge on any atom is -0.465 e. The van der Waals surface area contributed by atoms with Gasteiger partial charge in [0.15, 0.2) is 5.76 Å². The zero-order valence-corrected chi connectivity index (χ0v) is 13.9. The molecule has 0 spiro atoms. The fraction of sp³-hybridized carbons (Fsp3) is 0.353. The molecular weight excluding hydrogens is 332 g/mol. The van der Waals surface area contributed by atoms with Gasteiger partial charge in [-0.15, -0.1) is 0 Å². The number of halogens is 1. The van der Waals surface area contributed by atoms with Gasteiger partial charge >= 0.3 is 5.97 Å². The van der Waals surface area contributed by atoms with Crippen LogP contribution in [0.5, 0.6) is 0 Å². The predicted octanol–water partition coefficient (Wildman–Crippen LogP) is 2.71. The van der Waals surface area contributed by atoms with E-state index >= 15 is 0 Å². The Balaban J connectivity index is 1.71. The molecule has 3 rings (SSSR count). The minimum atomic E-state index is -0.708. The molecule has 1 saturated carbocycles. The third-order valence-electron chi connectivity index (χ3n) is 4.01. The van der Waals surface area contributed by atoms with Gasteiger partial charge < -0.3 is 14.6 Å². The van der Waals surface area contributed by atoms with E-state index in [0.717, 1.165) is 5.56 Å². The summed E-state index contributed by atoms with van der Waals surface area (Å²) in [6, 6.07) is 8.94. The standard InChI is InChI=1S/C17H17ClN2O4/c1-2-23-15(21)10-19-16(22)17(7-8-17)14-9-13(24-20-14)11-3-5-12(18)6-4-11/h3-6,9H,2,7-8,10H2,1H3,(H,19,22). The molecule has 2 aromatic rings. The molecule has 1 aromatic heterocycles. The van der Waals surface area contributed by atoms with Crippen LogP contribution in [0.1, 0.15) is 25.5 Å². The molecule has 0 radical (unpaired) electrons. The molecule has 1 aromatic carbocycles. The highest BCUT2D eigenvalue weighted by Gasteiger charge is 2.53. The third kappa shape index (κ3) is 3.28. The zero-order valence-electron chi connectivity index (χ0n) is 13.2. The van der Waals surface area contributed by atoms with E-state index in [1.54, 1.807) is 25.1 Å². The van der Waals surface area contributed by atoms with Crippen LogP contribution in [0.15, 0.2) is 34.9 Å². The average molecular weight is 349 g/mol. The van der Waals surface area contributed by atoms with E-state index in [1.165, 1.54) is 0 Å². The number of carbonyl (C=O) groups is 2. The van der Waals surface area contributed by atoms with Crippen molar-refractivity contribution in [1.29, 1.82) is 0 Å². The highest BCUT2D eigenvalue weighted by molar-refractivity contribution is 6.30. The smallest absolute Gasteiger partial charge is 0.325 e. The number of aromatic nitrogens is 1. The summed E-state index contributed by atoms with van der Waals surface area (Å²) < 4.78 is 10.2. The van der Waals surface area contributed by atoms with Gasteiger partial charge in [0.1, 0.15) is 6.54 Å². The first-order valence-corrected chi connectivity index (χ1v) is 8.10. The van der Waals surface area contributed by atoms with Crippen molar-refractivity contribution in [3.05, 3.63) is 41.0 Å². The van der Waals surface area contributed by atoms with Crippen LogP contribution < -0.4 is 5.32 Å². The Hall–Kier alpha value is -2.34. The first kappa shape index (κ1) is 16.5. The molecule has 6 nitrogen and oxygen atoms in total. The van der Waals surface area contributed by atoms with E-state index in [1.807, 2.05) is 12.1 Å². The largest absolute Gasteiger partial charge is 0.465 e. The molecule has 0 unspecified atom stereocenters. The second-order valence-corrected chi connectivity index (χ2v) is 6.09. The molecule has 1 fully saturated rings. The number of esters is 1. The summed E-state index contributed by atoms with van der Waals surface area (Å²) >= 11 is 5.87. The molecule has 1 aliphatic carbocycles. The molecule has 24 heavy (non-hydrogen) atoms. The first-order chi connectivity index (χ1) is 11.5. The van der Waals surface area contributed by atoms with Crippen LogP contribution >= 0.6 is 11.6 Å². The lowest BCUT2D eigenvalue weighted by atomic mass is 10.0. The SMILES string of the molecule is CCOC(=O)CNC(=O)C1(c2cc(-c3ccc(Cl)cc3)on2)CC1. The number of amides is 1. The summed E-state index contributed by atoms with van der Waals surface area (Å²) in [7, 11) is 0. The second-order valence-electron chi connectivity index (χ2n) is 5.65. The Morgan fingerprint density at radius 2 is 2.04 bits per heavy atom. The summed E-state index contributed by atoms with van der Waals surface area (Å²) in [5, 5.41) is 7.30. The maximum absolute atomic E-state index is 12.4. The molecule has 1 amide bonds. The van der Waals surface area contributed by atoms with Gasteiger partial charge in [0.2, 0.25) is 5.91 Å². The van der Waals surface area contributed by atoms with E-state index in [-0.39, 0.29) is 19.1 Å². The lowest BCUT2D eigenvalue weighted by molar-refractivity contribution is -0.143. The molecule has 0 bridgehead atoms. The van der Waals surface area contributed by atoms with Crippen LogP contribution in [0.2, 0.25) is 5.02 Å². The van der Waals surface area contributed by atoms with Crippen LogP contribution in [0.4, 0.5) is 0 Å². The number of benzene rings is 1. The Morgan fingerprint density at radius 1 is 1.33 bits per heavy atom. The number of ether oxygens (including phenoxy) is 1. The zero-order chi connectivity index (χ0) is 17.2. The normalized spacial score (nSPS) is 14.9. The summed E-state index contributed by atoms with van der Waals surface area (Å²) in [6.07, 6.45) is 1.35. The Kier molecular flexibility index (Phi) is 4.57. The number of nitrogens with zero attached hydrogens (tertiary/aromatic N) is 1.